The maximum Gasteiger partial charge on any atom is 0.416 e. The summed E-state index contributed by atoms with van der Waals surface area (Å²) in [6.45, 7) is 0. The van der Waals surface area contributed by atoms with Crippen molar-refractivity contribution < 1.29 is 31.1 Å². The van der Waals surface area contributed by atoms with Crippen LogP contribution in [0.3, 0.4) is 0 Å². The molecule has 0 fully saturated rings. The Bertz CT molecular complexity index is 589. The number of hydrogen-bond acceptors (Lipinski definition) is 2. The Morgan fingerprint density at radius 2 is 1.43 bits per heavy atom. The van der Waals surface area contributed by atoms with Crippen molar-refractivity contribution in [1.82, 2.24) is 4.98 Å². The minimum atomic E-state index is -4.91. The molecular weight excluding hydrogens is 300 g/mol. The summed E-state index contributed by atoms with van der Waals surface area (Å²) in [6, 6.07) is 3.63. The summed E-state index contributed by atoms with van der Waals surface area (Å²) in [4.78, 5) is 3.53. The zero-order chi connectivity index (χ0) is 15.7. The van der Waals surface area contributed by atoms with Gasteiger partial charge < -0.3 is 4.74 Å². The first-order valence-corrected chi connectivity index (χ1v) is 5.46. The number of ether oxygens (including phenoxy) is 1. The van der Waals surface area contributed by atoms with Gasteiger partial charge in [-0.2, -0.15) is 26.3 Å². The standard InChI is InChI=1S/C13H6F6NO/c14-12(15,16)8-4-9(13(17,18)19)6-11(5-8)21-10-2-1-3-20-7-10/h1-2,4-7H. The van der Waals surface area contributed by atoms with Gasteiger partial charge in [0.05, 0.1) is 23.5 Å². The summed E-state index contributed by atoms with van der Waals surface area (Å²) in [5.74, 6) is -0.577. The van der Waals surface area contributed by atoms with Crippen molar-refractivity contribution in [2.24, 2.45) is 0 Å². The van der Waals surface area contributed by atoms with Gasteiger partial charge in [0.25, 0.3) is 0 Å². The van der Waals surface area contributed by atoms with Gasteiger partial charge in [0.15, 0.2) is 0 Å². The lowest BCUT2D eigenvalue weighted by molar-refractivity contribution is -0.143. The molecule has 0 atom stereocenters. The summed E-state index contributed by atoms with van der Waals surface area (Å²) >= 11 is 0. The summed E-state index contributed by atoms with van der Waals surface area (Å²) in [5.41, 5.74) is -2.88. The molecule has 0 bridgehead atoms. The third kappa shape index (κ3) is 3.87. The first-order chi connectivity index (χ1) is 9.66. The smallest absolute Gasteiger partial charge is 0.416 e. The monoisotopic (exact) mass is 306 g/mol. The molecule has 0 saturated heterocycles. The second kappa shape index (κ2) is 5.27. The average Bonchev–Trinajstić information content (AvgIpc) is 2.37. The van der Waals surface area contributed by atoms with Crippen molar-refractivity contribution in [2.45, 2.75) is 12.4 Å². The molecule has 0 amide bonds. The number of aromatic nitrogens is 1. The van der Waals surface area contributed by atoms with E-state index in [1.54, 1.807) is 0 Å². The molecule has 21 heavy (non-hydrogen) atoms. The molecule has 0 unspecified atom stereocenters. The molecule has 2 aromatic rings. The molecule has 0 N–H and O–H groups in total. The Kier molecular flexibility index (Phi) is 3.80. The van der Waals surface area contributed by atoms with Crippen LogP contribution in [0.4, 0.5) is 26.3 Å². The number of hydrogen-bond donors (Lipinski definition) is 0. The molecule has 2 nitrogen and oxygen atoms in total. The first-order valence-electron chi connectivity index (χ1n) is 5.46. The lowest BCUT2D eigenvalue weighted by atomic mass is 10.1. The Balaban J connectivity index is 2.45. The van der Waals surface area contributed by atoms with Crippen molar-refractivity contribution >= 4 is 0 Å². The molecule has 0 aliphatic heterocycles. The van der Waals surface area contributed by atoms with Crippen LogP contribution >= 0.6 is 0 Å². The highest BCUT2D eigenvalue weighted by Crippen LogP contribution is 2.38. The van der Waals surface area contributed by atoms with Gasteiger partial charge >= 0.3 is 12.4 Å². The van der Waals surface area contributed by atoms with Crippen LogP contribution in [0, 0.1) is 6.20 Å². The Hall–Kier alpha value is -2.25. The predicted molar refractivity (Wildman–Crippen MR) is 59.6 cm³/mol. The van der Waals surface area contributed by atoms with Gasteiger partial charge in [-0.3, -0.25) is 4.98 Å². The fourth-order valence-corrected chi connectivity index (χ4v) is 1.49. The zero-order valence-electron chi connectivity index (χ0n) is 10.1. The average molecular weight is 306 g/mol. The van der Waals surface area contributed by atoms with E-state index in [9.17, 15) is 26.3 Å². The molecule has 111 valence electrons. The maximum absolute atomic E-state index is 12.6. The second-order valence-corrected chi connectivity index (χ2v) is 3.97. The summed E-state index contributed by atoms with van der Waals surface area (Å²) in [5, 5.41) is 0. The number of benzene rings is 1. The number of nitrogens with zero attached hydrogens (tertiary/aromatic N) is 1. The van der Waals surface area contributed by atoms with E-state index in [1.807, 2.05) is 0 Å². The molecule has 8 heteroatoms. The third-order valence-electron chi connectivity index (χ3n) is 2.39. The van der Waals surface area contributed by atoms with Gasteiger partial charge in [0, 0.05) is 0 Å². The lowest BCUT2D eigenvalue weighted by Gasteiger charge is -2.14. The molecule has 0 saturated carbocycles. The van der Waals surface area contributed by atoms with E-state index in [4.69, 9.17) is 4.74 Å². The van der Waals surface area contributed by atoms with Gasteiger partial charge in [-0.15, -0.1) is 0 Å². The molecule has 1 aromatic heterocycles. The predicted octanol–water partition coefficient (Wildman–Crippen LogP) is 4.71. The van der Waals surface area contributed by atoms with Crippen molar-refractivity contribution in [3.63, 3.8) is 0 Å². The van der Waals surface area contributed by atoms with Gasteiger partial charge in [-0.1, -0.05) is 0 Å². The largest absolute Gasteiger partial charge is 0.456 e. The van der Waals surface area contributed by atoms with Gasteiger partial charge in [-0.25, -0.2) is 0 Å². The van der Waals surface area contributed by atoms with Crippen molar-refractivity contribution in [3.8, 4) is 11.5 Å². The highest BCUT2D eigenvalue weighted by Gasteiger charge is 2.37. The number of alkyl halides is 6. The first kappa shape index (κ1) is 15.1. The molecule has 1 aromatic carbocycles. The Morgan fingerprint density at radius 3 is 1.86 bits per heavy atom. The fourth-order valence-electron chi connectivity index (χ4n) is 1.49. The third-order valence-corrected chi connectivity index (χ3v) is 2.39. The topological polar surface area (TPSA) is 22.1 Å². The SMILES string of the molecule is FC(F)(F)c1cc(Oc2cc[c]nc2)cc(C(F)(F)F)c1. The van der Waals surface area contributed by atoms with Gasteiger partial charge in [0.1, 0.15) is 11.5 Å². The quantitative estimate of drug-likeness (QED) is 0.750. The minimum absolute atomic E-state index is 0.00111. The van der Waals surface area contributed by atoms with E-state index in [0.717, 1.165) is 6.20 Å². The Morgan fingerprint density at radius 1 is 0.857 bits per heavy atom. The van der Waals surface area contributed by atoms with Gasteiger partial charge in [-0.05, 0) is 30.3 Å². The van der Waals surface area contributed by atoms with E-state index in [-0.39, 0.29) is 11.8 Å². The van der Waals surface area contributed by atoms with Crippen LogP contribution in [0.15, 0.2) is 36.5 Å². The number of pyridine rings is 1. The summed E-state index contributed by atoms with van der Waals surface area (Å²) < 4.78 is 80.8. The van der Waals surface area contributed by atoms with Crippen LogP contribution < -0.4 is 4.74 Å². The Labute approximate surface area is 115 Å². The normalized spacial score (nSPS) is 12.3. The molecular formula is C13H6F6NO. The fraction of sp³-hybridized carbons (Fsp3) is 0.154. The zero-order valence-corrected chi connectivity index (χ0v) is 10.1. The van der Waals surface area contributed by atoms with Crippen LogP contribution in [-0.2, 0) is 12.4 Å². The van der Waals surface area contributed by atoms with Crippen LogP contribution in [0.1, 0.15) is 11.1 Å². The second-order valence-electron chi connectivity index (χ2n) is 3.97. The van der Waals surface area contributed by atoms with E-state index in [2.05, 4.69) is 11.2 Å². The van der Waals surface area contributed by atoms with Crippen LogP contribution in [-0.4, -0.2) is 4.98 Å². The summed E-state index contributed by atoms with van der Waals surface area (Å²) in [6.07, 6.45) is -6.31. The highest BCUT2D eigenvalue weighted by atomic mass is 19.4. The summed E-state index contributed by atoms with van der Waals surface area (Å²) in [7, 11) is 0. The molecule has 2 rings (SSSR count). The maximum atomic E-state index is 12.6. The van der Waals surface area contributed by atoms with Crippen LogP contribution in [0.2, 0.25) is 0 Å². The van der Waals surface area contributed by atoms with E-state index in [1.165, 1.54) is 12.1 Å². The van der Waals surface area contributed by atoms with Crippen LogP contribution in [0.5, 0.6) is 11.5 Å². The van der Waals surface area contributed by atoms with Crippen molar-refractivity contribution in [2.75, 3.05) is 0 Å². The highest BCUT2D eigenvalue weighted by molar-refractivity contribution is 5.39. The van der Waals surface area contributed by atoms with E-state index >= 15 is 0 Å². The molecule has 1 heterocycles. The van der Waals surface area contributed by atoms with E-state index in [0.29, 0.717) is 12.1 Å². The lowest BCUT2D eigenvalue weighted by Crippen LogP contribution is -2.11. The number of rotatable bonds is 2. The van der Waals surface area contributed by atoms with Crippen molar-refractivity contribution in [1.29, 1.82) is 0 Å². The molecule has 0 aliphatic rings. The number of halogens is 6. The molecule has 1 radical (unpaired) electrons. The molecule has 0 aliphatic carbocycles. The van der Waals surface area contributed by atoms with Crippen molar-refractivity contribution in [3.05, 3.63) is 53.9 Å². The minimum Gasteiger partial charge on any atom is -0.456 e. The molecule has 0 spiro atoms. The van der Waals surface area contributed by atoms with Crippen LogP contribution in [0.25, 0.3) is 0 Å². The van der Waals surface area contributed by atoms with Gasteiger partial charge in [0.2, 0.25) is 0 Å². The van der Waals surface area contributed by atoms with E-state index < -0.39 is 29.2 Å².